The largest absolute Gasteiger partial charge is 0.394 e. The fourth-order valence-corrected chi connectivity index (χ4v) is 0.810. The van der Waals surface area contributed by atoms with Gasteiger partial charge in [0.05, 0.1) is 12.7 Å². The summed E-state index contributed by atoms with van der Waals surface area (Å²) in [5.74, 6) is 2.56. The summed E-state index contributed by atoms with van der Waals surface area (Å²) in [6, 6.07) is 0. The van der Waals surface area contributed by atoms with Crippen LogP contribution in [0.15, 0.2) is 0 Å². The van der Waals surface area contributed by atoms with Gasteiger partial charge in [-0.1, -0.05) is 0 Å². The molecule has 3 N–H and O–H groups in total. The van der Waals surface area contributed by atoms with Crippen molar-refractivity contribution in [1.82, 2.24) is 5.32 Å². The summed E-state index contributed by atoms with van der Waals surface area (Å²) in [6.45, 7) is 1.11. The van der Waals surface area contributed by atoms with Gasteiger partial charge in [-0.3, -0.25) is 0 Å². The van der Waals surface area contributed by atoms with E-state index in [4.69, 9.17) is 16.6 Å². The first-order valence-electron chi connectivity index (χ1n) is 4.24. The summed E-state index contributed by atoms with van der Waals surface area (Å²) in [7, 11) is 0. The van der Waals surface area contributed by atoms with Gasteiger partial charge in [0.2, 0.25) is 0 Å². The smallest absolute Gasteiger partial charge is 0.0894 e. The Kier molecular flexibility index (Phi) is 8.14. The van der Waals surface area contributed by atoms with Crippen LogP contribution in [0.4, 0.5) is 0 Å². The Balaban J connectivity index is 2.96. The molecule has 12 heavy (non-hydrogen) atoms. The lowest BCUT2D eigenvalue weighted by Crippen LogP contribution is -2.29. The van der Waals surface area contributed by atoms with Crippen LogP contribution in [0.2, 0.25) is 0 Å². The highest BCUT2D eigenvalue weighted by atomic mass is 16.3. The zero-order valence-electron chi connectivity index (χ0n) is 7.29. The van der Waals surface area contributed by atoms with E-state index in [1.165, 1.54) is 0 Å². The first-order chi connectivity index (χ1) is 5.81. The molecule has 0 aliphatic carbocycles. The Bertz CT molecular complexity index is 131. The number of aliphatic hydroxyl groups excluding tert-OH is 2. The van der Waals surface area contributed by atoms with E-state index in [9.17, 15) is 0 Å². The third-order valence-electron chi connectivity index (χ3n) is 1.52. The topological polar surface area (TPSA) is 52.5 Å². The molecule has 0 saturated carbocycles. The van der Waals surface area contributed by atoms with Gasteiger partial charge in [0.1, 0.15) is 0 Å². The van der Waals surface area contributed by atoms with Crippen molar-refractivity contribution in [3.63, 3.8) is 0 Å². The van der Waals surface area contributed by atoms with E-state index in [0.29, 0.717) is 6.54 Å². The van der Waals surface area contributed by atoms with Crippen molar-refractivity contribution in [3.8, 4) is 12.3 Å². The van der Waals surface area contributed by atoms with Crippen LogP contribution in [0.25, 0.3) is 0 Å². The van der Waals surface area contributed by atoms with Crippen LogP contribution < -0.4 is 5.32 Å². The molecule has 0 aliphatic heterocycles. The summed E-state index contributed by atoms with van der Waals surface area (Å²) in [5, 5.41) is 20.4. The molecule has 0 aromatic heterocycles. The van der Waals surface area contributed by atoms with Crippen LogP contribution in [0.1, 0.15) is 19.3 Å². The maximum atomic E-state index is 8.92. The van der Waals surface area contributed by atoms with Crippen LogP contribution in [0.5, 0.6) is 0 Å². The Hall–Kier alpha value is -0.560. The molecule has 0 saturated heterocycles. The molecule has 0 rings (SSSR count). The van der Waals surface area contributed by atoms with Crippen LogP contribution >= 0.6 is 0 Å². The number of aliphatic hydroxyl groups is 2. The fourth-order valence-electron chi connectivity index (χ4n) is 0.810. The zero-order chi connectivity index (χ0) is 9.23. The SMILES string of the molecule is C#CCCCCNCC(O)CO. The lowest BCUT2D eigenvalue weighted by Gasteiger charge is -2.07. The highest BCUT2D eigenvalue weighted by Gasteiger charge is 1.98. The molecular formula is C9H17NO2. The van der Waals surface area contributed by atoms with E-state index >= 15 is 0 Å². The third-order valence-corrected chi connectivity index (χ3v) is 1.52. The van der Waals surface area contributed by atoms with E-state index in [0.717, 1.165) is 25.8 Å². The number of unbranched alkanes of at least 4 members (excludes halogenated alkanes) is 2. The van der Waals surface area contributed by atoms with Crippen LogP contribution in [-0.4, -0.2) is 36.0 Å². The first kappa shape index (κ1) is 11.4. The average molecular weight is 171 g/mol. The Morgan fingerprint density at radius 3 is 2.75 bits per heavy atom. The third kappa shape index (κ3) is 7.55. The van der Waals surface area contributed by atoms with Crippen LogP contribution in [0.3, 0.4) is 0 Å². The van der Waals surface area contributed by atoms with E-state index < -0.39 is 6.10 Å². The van der Waals surface area contributed by atoms with Gasteiger partial charge in [0.15, 0.2) is 0 Å². The quantitative estimate of drug-likeness (QED) is 0.365. The lowest BCUT2D eigenvalue weighted by molar-refractivity contribution is 0.0945. The minimum Gasteiger partial charge on any atom is -0.394 e. The number of hydrogen-bond donors (Lipinski definition) is 3. The summed E-state index contributed by atoms with van der Waals surface area (Å²) in [5.41, 5.74) is 0. The summed E-state index contributed by atoms with van der Waals surface area (Å²) in [4.78, 5) is 0. The Morgan fingerprint density at radius 1 is 1.42 bits per heavy atom. The predicted octanol–water partition coefficient (Wildman–Crippen LogP) is -0.267. The number of rotatable bonds is 7. The van der Waals surface area contributed by atoms with Crippen LogP contribution in [-0.2, 0) is 0 Å². The molecule has 1 atom stereocenters. The second-order valence-electron chi connectivity index (χ2n) is 2.70. The van der Waals surface area contributed by atoms with Crippen molar-refractivity contribution in [1.29, 1.82) is 0 Å². The molecule has 0 radical (unpaired) electrons. The number of terminal acetylenes is 1. The fraction of sp³-hybridized carbons (Fsp3) is 0.778. The normalized spacial score (nSPS) is 12.4. The molecule has 0 amide bonds. The van der Waals surface area contributed by atoms with Crippen LogP contribution in [0, 0.1) is 12.3 Å². The van der Waals surface area contributed by atoms with Crippen molar-refractivity contribution >= 4 is 0 Å². The van der Waals surface area contributed by atoms with Crippen molar-refractivity contribution in [2.75, 3.05) is 19.7 Å². The van der Waals surface area contributed by atoms with E-state index in [1.807, 2.05) is 0 Å². The molecule has 3 nitrogen and oxygen atoms in total. The molecule has 0 bridgehead atoms. The molecular weight excluding hydrogens is 154 g/mol. The maximum absolute atomic E-state index is 8.92. The Morgan fingerprint density at radius 2 is 2.17 bits per heavy atom. The molecule has 0 aromatic rings. The predicted molar refractivity (Wildman–Crippen MR) is 48.6 cm³/mol. The van der Waals surface area contributed by atoms with Gasteiger partial charge in [0, 0.05) is 13.0 Å². The second-order valence-corrected chi connectivity index (χ2v) is 2.70. The molecule has 0 fully saturated rings. The zero-order valence-corrected chi connectivity index (χ0v) is 7.29. The van der Waals surface area contributed by atoms with E-state index in [2.05, 4.69) is 11.2 Å². The van der Waals surface area contributed by atoms with Gasteiger partial charge in [-0.25, -0.2) is 0 Å². The first-order valence-corrected chi connectivity index (χ1v) is 4.24. The number of nitrogens with one attached hydrogen (secondary N) is 1. The van der Waals surface area contributed by atoms with Gasteiger partial charge in [-0.15, -0.1) is 12.3 Å². The molecule has 0 aromatic carbocycles. The van der Waals surface area contributed by atoms with Gasteiger partial charge in [0.25, 0.3) is 0 Å². The lowest BCUT2D eigenvalue weighted by atomic mass is 10.2. The van der Waals surface area contributed by atoms with E-state index in [-0.39, 0.29) is 6.61 Å². The van der Waals surface area contributed by atoms with Gasteiger partial charge < -0.3 is 15.5 Å². The minimum absolute atomic E-state index is 0.183. The highest BCUT2D eigenvalue weighted by Crippen LogP contribution is 1.91. The molecule has 0 aliphatic rings. The molecule has 1 unspecified atom stereocenters. The molecule has 3 heteroatoms. The highest BCUT2D eigenvalue weighted by molar-refractivity contribution is 4.82. The van der Waals surface area contributed by atoms with Crippen molar-refractivity contribution < 1.29 is 10.2 Å². The van der Waals surface area contributed by atoms with Crippen molar-refractivity contribution in [2.24, 2.45) is 0 Å². The summed E-state index contributed by atoms with van der Waals surface area (Å²) >= 11 is 0. The standard InChI is InChI=1S/C9H17NO2/c1-2-3-4-5-6-10-7-9(12)8-11/h1,9-12H,3-8H2. The summed E-state index contributed by atoms with van der Waals surface area (Å²) < 4.78 is 0. The molecule has 0 heterocycles. The summed E-state index contributed by atoms with van der Waals surface area (Å²) in [6.07, 6.45) is 7.27. The minimum atomic E-state index is -0.641. The number of hydrogen-bond acceptors (Lipinski definition) is 3. The molecule has 0 spiro atoms. The van der Waals surface area contributed by atoms with Gasteiger partial charge in [-0.2, -0.15) is 0 Å². The monoisotopic (exact) mass is 171 g/mol. The van der Waals surface area contributed by atoms with Gasteiger partial charge in [-0.05, 0) is 19.4 Å². The van der Waals surface area contributed by atoms with Gasteiger partial charge >= 0.3 is 0 Å². The Labute approximate surface area is 73.8 Å². The van der Waals surface area contributed by atoms with Crippen molar-refractivity contribution in [3.05, 3.63) is 0 Å². The molecule has 70 valence electrons. The average Bonchev–Trinajstić information content (AvgIpc) is 2.10. The van der Waals surface area contributed by atoms with E-state index in [1.54, 1.807) is 0 Å². The van der Waals surface area contributed by atoms with Crippen molar-refractivity contribution in [2.45, 2.75) is 25.4 Å². The maximum Gasteiger partial charge on any atom is 0.0894 e. The second kappa shape index (κ2) is 8.54.